The van der Waals surface area contributed by atoms with Gasteiger partial charge in [-0.15, -0.1) is 0 Å². The van der Waals surface area contributed by atoms with Gasteiger partial charge in [-0.25, -0.2) is 4.39 Å². The third-order valence-electron chi connectivity index (χ3n) is 3.97. The Bertz CT molecular complexity index is 957. The fraction of sp³-hybridized carbons (Fsp3) is 0.143. The highest BCUT2D eigenvalue weighted by Gasteiger charge is 2.02. The normalized spacial score (nSPS) is 11.0. The number of rotatable bonds is 7. The lowest BCUT2D eigenvalue weighted by Crippen LogP contribution is -2.23. The Labute approximate surface area is 162 Å². The van der Waals surface area contributed by atoms with Gasteiger partial charge in [0.1, 0.15) is 5.82 Å². The molecule has 2 N–H and O–H groups in total. The van der Waals surface area contributed by atoms with Crippen LogP contribution >= 0.6 is 11.6 Å². The molecule has 3 rings (SSSR count). The van der Waals surface area contributed by atoms with Crippen LogP contribution in [0.25, 0.3) is 17.0 Å². The number of hydrogen-bond acceptors (Lipinski definition) is 3. The average Bonchev–Trinajstić information content (AvgIpc) is 2.67. The van der Waals surface area contributed by atoms with E-state index in [1.165, 1.54) is 18.2 Å². The second-order valence-corrected chi connectivity index (χ2v) is 6.41. The van der Waals surface area contributed by atoms with Gasteiger partial charge in [0, 0.05) is 41.5 Å². The summed E-state index contributed by atoms with van der Waals surface area (Å²) in [6.45, 7) is 1.26. The first-order valence-electron chi connectivity index (χ1n) is 8.61. The van der Waals surface area contributed by atoms with E-state index in [1.807, 2.05) is 24.3 Å². The Morgan fingerprint density at radius 3 is 2.74 bits per heavy atom. The molecular weight excluding hydrogens is 365 g/mol. The molecule has 0 radical (unpaired) electrons. The number of hydrogen-bond donors (Lipinski definition) is 2. The maximum atomic E-state index is 12.8. The van der Waals surface area contributed by atoms with Crippen LogP contribution in [0.5, 0.6) is 0 Å². The molecule has 0 aliphatic rings. The molecule has 0 aliphatic carbocycles. The molecule has 6 heteroatoms. The minimum Gasteiger partial charge on any atom is -0.384 e. The number of pyridine rings is 1. The second-order valence-electron chi connectivity index (χ2n) is 5.98. The molecule has 0 saturated carbocycles. The van der Waals surface area contributed by atoms with Crippen LogP contribution in [0.1, 0.15) is 12.0 Å². The van der Waals surface area contributed by atoms with E-state index in [-0.39, 0.29) is 11.7 Å². The lowest BCUT2D eigenvalue weighted by molar-refractivity contribution is -0.116. The number of fused-ring (bicyclic) bond motifs is 1. The van der Waals surface area contributed by atoms with Gasteiger partial charge < -0.3 is 10.6 Å². The van der Waals surface area contributed by atoms with Crippen LogP contribution in [-0.4, -0.2) is 24.0 Å². The van der Waals surface area contributed by atoms with Crippen molar-refractivity contribution in [2.24, 2.45) is 0 Å². The van der Waals surface area contributed by atoms with E-state index in [2.05, 4.69) is 15.6 Å². The molecular formula is C21H19ClFN3O. The molecule has 0 unspecified atom stereocenters. The smallest absolute Gasteiger partial charge is 0.244 e. The third kappa shape index (κ3) is 5.53. The van der Waals surface area contributed by atoms with Crippen molar-refractivity contribution in [3.8, 4) is 0 Å². The summed E-state index contributed by atoms with van der Waals surface area (Å²) >= 11 is 6.00. The lowest BCUT2D eigenvalue weighted by atomic mass is 10.2. The van der Waals surface area contributed by atoms with Crippen LogP contribution in [0.3, 0.4) is 0 Å². The lowest BCUT2D eigenvalue weighted by Gasteiger charge is -2.09. The van der Waals surface area contributed by atoms with Gasteiger partial charge >= 0.3 is 0 Å². The van der Waals surface area contributed by atoms with Gasteiger partial charge in [-0.05, 0) is 54.5 Å². The van der Waals surface area contributed by atoms with E-state index in [9.17, 15) is 9.18 Å². The van der Waals surface area contributed by atoms with Gasteiger partial charge in [0.15, 0.2) is 0 Å². The van der Waals surface area contributed by atoms with E-state index in [1.54, 1.807) is 24.4 Å². The van der Waals surface area contributed by atoms with Gasteiger partial charge in [0.25, 0.3) is 0 Å². The molecule has 138 valence electrons. The van der Waals surface area contributed by atoms with E-state index in [0.717, 1.165) is 28.6 Å². The molecule has 0 fully saturated rings. The Hall–Kier alpha value is -2.92. The van der Waals surface area contributed by atoms with Crippen molar-refractivity contribution in [3.63, 3.8) is 0 Å². The first kappa shape index (κ1) is 18.9. The molecule has 1 heterocycles. The quantitative estimate of drug-likeness (QED) is 0.461. The van der Waals surface area contributed by atoms with Gasteiger partial charge in [-0.3, -0.25) is 9.78 Å². The zero-order valence-electron chi connectivity index (χ0n) is 14.6. The summed E-state index contributed by atoms with van der Waals surface area (Å²) in [4.78, 5) is 16.1. The highest BCUT2D eigenvalue weighted by Crippen LogP contribution is 2.24. The fourth-order valence-electron chi connectivity index (χ4n) is 2.60. The van der Waals surface area contributed by atoms with Gasteiger partial charge in [-0.1, -0.05) is 23.7 Å². The zero-order valence-corrected chi connectivity index (χ0v) is 15.3. The Balaban J connectivity index is 1.43. The van der Waals surface area contributed by atoms with Gasteiger partial charge in [-0.2, -0.15) is 0 Å². The molecule has 1 amide bonds. The largest absolute Gasteiger partial charge is 0.384 e. The van der Waals surface area contributed by atoms with Crippen LogP contribution in [0, 0.1) is 5.82 Å². The van der Waals surface area contributed by atoms with Crippen LogP contribution in [0.2, 0.25) is 5.02 Å². The summed E-state index contributed by atoms with van der Waals surface area (Å²) in [5, 5.41) is 7.85. The standard InChI is InChI=1S/C21H19ClFN3O/c22-16-5-8-18-19(10-13-25-20(18)14-16)24-11-1-12-26-21(27)9-4-15-2-6-17(23)7-3-15/h2-10,13-14H,1,11-12H2,(H,24,25)(H,26,27)/b9-4+. The van der Waals surface area contributed by atoms with E-state index in [4.69, 9.17) is 11.6 Å². The predicted octanol–water partition coefficient (Wildman–Crippen LogP) is 4.66. The van der Waals surface area contributed by atoms with E-state index in [0.29, 0.717) is 18.1 Å². The summed E-state index contributed by atoms with van der Waals surface area (Å²) in [5.41, 5.74) is 2.60. The Morgan fingerprint density at radius 1 is 1.11 bits per heavy atom. The number of halogens is 2. The van der Waals surface area contributed by atoms with Crippen LogP contribution in [-0.2, 0) is 4.79 Å². The molecule has 0 spiro atoms. The van der Waals surface area contributed by atoms with Crippen LogP contribution in [0.15, 0.2) is 60.8 Å². The first-order chi connectivity index (χ1) is 13.1. The summed E-state index contributed by atoms with van der Waals surface area (Å²) < 4.78 is 12.8. The van der Waals surface area contributed by atoms with E-state index >= 15 is 0 Å². The fourth-order valence-corrected chi connectivity index (χ4v) is 2.77. The monoisotopic (exact) mass is 383 g/mol. The number of anilines is 1. The minimum atomic E-state index is -0.297. The maximum absolute atomic E-state index is 12.8. The molecule has 3 aromatic rings. The third-order valence-corrected chi connectivity index (χ3v) is 4.21. The molecule has 2 aromatic carbocycles. The average molecular weight is 384 g/mol. The second kappa shape index (κ2) is 9.14. The molecule has 27 heavy (non-hydrogen) atoms. The van der Waals surface area contributed by atoms with Crippen molar-refractivity contribution in [3.05, 3.63) is 77.2 Å². The molecule has 0 aliphatic heterocycles. The van der Waals surface area contributed by atoms with E-state index < -0.39 is 0 Å². The van der Waals surface area contributed by atoms with Crippen molar-refractivity contribution >= 4 is 40.2 Å². The molecule has 0 atom stereocenters. The first-order valence-corrected chi connectivity index (χ1v) is 8.99. The molecule has 0 bridgehead atoms. The zero-order chi connectivity index (χ0) is 19.1. The topological polar surface area (TPSA) is 54.0 Å². The summed E-state index contributed by atoms with van der Waals surface area (Å²) in [6.07, 6.45) is 5.61. The number of aromatic nitrogens is 1. The highest BCUT2D eigenvalue weighted by molar-refractivity contribution is 6.31. The predicted molar refractivity (Wildman–Crippen MR) is 108 cm³/mol. The molecule has 4 nitrogen and oxygen atoms in total. The van der Waals surface area contributed by atoms with Crippen LogP contribution in [0.4, 0.5) is 10.1 Å². The number of carbonyl (C=O) groups excluding carboxylic acids is 1. The van der Waals surface area contributed by atoms with Gasteiger partial charge in [0.05, 0.1) is 5.52 Å². The Kier molecular flexibility index (Phi) is 6.39. The van der Waals surface area contributed by atoms with Crippen molar-refractivity contribution in [2.75, 3.05) is 18.4 Å². The van der Waals surface area contributed by atoms with Crippen molar-refractivity contribution in [1.29, 1.82) is 0 Å². The SMILES string of the molecule is O=C(/C=C/c1ccc(F)cc1)NCCCNc1ccnc2cc(Cl)ccc12. The molecule has 0 saturated heterocycles. The van der Waals surface area contributed by atoms with Crippen LogP contribution < -0.4 is 10.6 Å². The van der Waals surface area contributed by atoms with Gasteiger partial charge in [0.2, 0.25) is 5.91 Å². The summed E-state index contributed by atoms with van der Waals surface area (Å²) in [5.74, 6) is -0.475. The number of amides is 1. The Morgan fingerprint density at radius 2 is 1.93 bits per heavy atom. The minimum absolute atomic E-state index is 0.177. The number of carbonyl (C=O) groups is 1. The van der Waals surface area contributed by atoms with Crippen molar-refractivity contribution < 1.29 is 9.18 Å². The summed E-state index contributed by atoms with van der Waals surface area (Å²) in [6, 6.07) is 13.5. The summed E-state index contributed by atoms with van der Waals surface area (Å²) in [7, 11) is 0. The highest BCUT2D eigenvalue weighted by atomic mass is 35.5. The number of nitrogens with zero attached hydrogens (tertiary/aromatic N) is 1. The number of benzene rings is 2. The maximum Gasteiger partial charge on any atom is 0.244 e. The molecule has 1 aromatic heterocycles. The van der Waals surface area contributed by atoms with Crippen molar-refractivity contribution in [1.82, 2.24) is 10.3 Å². The van der Waals surface area contributed by atoms with Crippen molar-refractivity contribution in [2.45, 2.75) is 6.42 Å². The number of nitrogens with one attached hydrogen (secondary N) is 2.